The molecule has 0 radical (unpaired) electrons. The number of benzene rings is 1. The quantitative estimate of drug-likeness (QED) is 0.691. The molecular weight excluding hydrogens is 408 g/mol. The van der Waals surface area contributed by atoms with Gasteiger partial charge in [-0.25, -0.2) is 8.42 Å². The molecule has 0 amide bonds. The number of sulfonamides is 1. The first-order chi connectivity index (χ1) is 11.7. The van der Waals surface area contributed by atoms with Gasteiger partial charge in [0.25, 0.3) is 15.9 Å². The van der Waals surface area contributed by atoms with E-state index >= 15 is 0 Å². The van der Waals surface area contributed by atoms with E-state index in [9.17, 15) is 8.42 Å². The van der Waals surface area contributed by atoms with Crippen molar-refractivity contribution in [1.29, 1.82) is 0 Å². The van der Waals surface area contributed by atoms with Crippen molar-refractivity contribution >= 4 is 31.6 Å². The number of halogens is 1. The molecule has 0 aliphatic heterocycles. The van der Waals surface area contributed by atoms with E-state index in [1.165, 1.54) is 0 Å². The predicted octanol–water partition coefficient (Wildman–Crippen LogP) is 3.56. The number of nitrogens with one attached hydrogen (secondary N) is 1. The van der Waals surface area contributed by atoms with Crippen LogP contribution in [0.2, 0.25) is 0 Å². The third kappa shape index (κ3) is 3.21. The Bertz CT molecular complexity index is 1040. The Hall–Kier alpha value is -2.13. The number of aromatic nitrogens is 3. The zero-order valence-electron chi connectivity index (χ0n) is 14.2. The highest BCUT2D eigenvalue weighted by Gasteiger charge is 2.30. The zero-order chi connectivity index (χ0) is 18.4. The first-order valence-electron chi connectivity index (χ1n) is 7.45. The van der Waals surface area contributed by atoms with Crippen LogP contribution < -0.4 is 4.72 Å². The van der Waals surface area contributed by atoms with Crippen molar-refractivity contribution in [2.75, 3.05) is 4.72 Å². The molecule has 0 unspecified atom stereocenters. The van der Waals surface area contributed by atoms with Gasteiger partial charge in [0.2, 0.25) is 5.89 Å². The van der Waals surface area contributed by atoms with E-state index in [0.29, 0.717) is 22.8 Å². The molecule has 0 aliphatic carbocycles. The molecular formula is C16H17BrN4O3S. The number of hydrogen-bond donors (Lipinski definition) is 1. The van der Waals surface area contributed by atoms with Crippen LogP contribution in [0.5, 0.6) is 0 Å². The molecule has 0 aliphatic rings. The van der Waals surface area contributed by atoms with Crippen molar-refractivity contribution in [3.63, 3.8) is 0 Å². The van der Waals surface area contributed by atoms with E-state index in [0.717, 1.165) is 10.2 Å². The highest BCUT2D eigenvalue weighted by atomic mass is 79.9. The lowest BCUT2D eigenvalue weighted by molar-refractivity contribution is 0.530. The van der Waals surface area contributed by atoms with Gasteiger partial charge in [-0.1, -0.05) is 15.9 Å². The number of anilines is 1. The van der Waals surface area contributed by atoms with Crippen LogP contribution in [0.4, 0.5) is 5.69 Å². The van der Waals surface area contributed by atoms with Crippen molar-refractivity contribution < 1.29 is 12.8 Å². The lowest BCUT2D eigenvalue weighted by Gasteiger charge is -2.09. The van der Waals surface area contributed by atoms with Gasteiger partial charge in [0, 0.05) is 35.5 Å². The van der Waals surface area contributed by atoms with Crippen molar-refractivity contribution in [3.05, 3.63) is 46.0 Å². The van der Waals surface area contributed by atoms with Gasteiger partial charge in [-0.3, -0.25) is 4.72 Å². The van der Waals surface area contributed by atoms with E-state index in [-0.39, 0.29) is 10.8 Å². The summed E-state index contributed by atoms with van der Waals surface area (Å²) in [5.74, 6) is 0.565. The largest absolute Gasteiger partial charge is 0.421 e. The summed E-state index contributed by atoms with van der Waals surface area (Å²) in [7, 11) is -2.04. The molecule has 25 heavy (non-hydrogen) atoms. The number of rotatable bonds is 4. The van der Waals surface area contributed by atoms with Crippen molar-refractivity contribution in [2.45, 2.75) is 25.7 Å². The van der Waals surface area contributed by atoms with Gasteiger partial charge in [-0.2, -0.15) is 0 Å². The lowest BCUT2D eigenvalue weighted by Crippen LogP contribution is -2.14. The van der Waals surface area contributed by atoms with E-state index in [4.69, 9.17) is 4.42 Å². The molecule has 1 N–H and O–H groups in total. The summed E-state index contributed by atoms with van der Waals surface area (Å²) < 4.78 is 36.9. The molecule has 3 aromatic rings. The topological polar surface area (TPSA) is 90.0 Å². The lowest BCUT2D eigenvalue weighted by atomic mass is 10.2. The van der Waals surface area contributed by atoms with Crippen LogP contribution >= 0.6 is 15.9 Å². The smallest absolute Gasteiger partial charge is 0.264 e. The minimum Gasteiger partial charge on any atom is -0.421 e. The number of nitrogens with zero attached hydrogens (tertiary/aromatic N) is 3. The van der Waals surface area contributed by atoms with Gasteiger partial charge in [0.1, 0.15) is 4.90 Å². The number of aryl methyl sites for hydroxylation is 1. The van der Waals surface area contributed by atoms with Gasteiger partial charge in [0.15, 0.2) is 0 Å². The molecule has 0 bridgehead atoms. The van der Waals surface area contributed by atoms with Crippen molar-refractivity contribution in [3.8, 4) is 11.5 Å². The van der Waals surface area contributed by atoms with E-state index in [1.54, 1.807) is 49.7 Å². The monoisotopic (exact) mass is 424 g/mol. The average Bonchev–Trinajstić information content (AvgIpc) is 3.06. The summed E-state index contributed by atoms with van der Waals surface area (Å²) in [6.45, 7) is 5.23. The maximum Gasteiger partial charge on any atom is 0.264 e. The Morgan fingerprint density at radius 1 is 1.08 bits per heavy atom. The second-order valence-electron chi connectivity index (χ2n) is 5.67. The van der Waals surface area contributed by atoms with Gasteiger partial charge in [0.05, 0.1) is 5.56 Å². The summed E-state index contributed by atoms with van der Waals surface area (Å²) in [5, 5.41) is 7.81. The molecule has 0 saturated carbocycles. The molecule has 0 spiro atoms. The molecule has 2 heterocycles. The summed E-state index contributed by atoms with van der Waals surface area (Å²) in [4.78, 5) is 0.138. The van der Waals surface area contributed by atoms with Crippen LogP contribution in [0, 0.1) is 20.8 Å². The molecule has 132 valence electrons. The molecule has 2 aromatic heterocycles. The maximum atomic E-state index is 13.0. The van der Waals surface area contributed by atoms with Crippen LogP contribution in [0.1, 0.15) is 17.3 Å². The molecule has 0 atom stereocenters. The maximum absolute atomic E-state index is 13.0. The summed E-state index contributed by atoms with van der Waals surface area (Å²) in [5.41, 5.74) is 2.22. The second-order valence-corrected chi connectivity index (χ2v) is 8.21. The fourth-order valence-electron chi connectivity index (χ4n) is 2.62. The SMILES string of the molecule is Cc1nnc(-c2c(S(=O)(=O)Nc3ccc(Br)cc3)c(C)n(C)c2C)o1. The standard InChI is InChI=1S/C16H17BrN4O3S/c1-9-14(16-19-18-11(3)24-16)15(10(2)21(9)4)25(22,23)20-13-7-5-12(17)6-8-13/h5-8,20H,1-4H3. The minimum atomic E-state index is -3.84. The Balaban J connectivity index is 2.15. The van der Waals surface area contributed by atoms with Crippen LogP contribution in [0.3, 0.4) is 0 Å². The molecule has 0 saturated heterocycles. The predicted molar refractivity (Wildman–Crippen MR) is 97.9 cm³/mol. The van der Waals surface area contributed by atoms with Crippen molar-refractivity contribution in [1.82, 2.24) is 14.8 Å². The fraction of sp³-hybridized carbons (Fsp3) is 0.250. The summed E-state index contributed by atoms with van der Waals surface area (Å²) >= 11 is 3.33. The average molecular weight is 425 g/mol. The molecule has 0 fully saturated rings. The second kappa shape index (κ2) is 6.30. The highest BCUT2D eigenvalue weighted by molar-refractivity contribution is 9.10. The van der Waals surface area contributed by atoms with E-state index in [2.05, 4.69) is 30.8 Å². The Morgan fingerprint density at radius 2 is 1.72 bits per heavy atom. The number of hydrogen-bond acceptors (Lipinski definition) is 5. The highest BCUT2D eigenvalue weighted by Crippen LogP contribution is 2.35. The molecule has 3 rings (SSSR count). The van der Waals surface area contributed by atoms with E-state index in [1.807, 2.05) is 6.92 Å². The molecule has 1 aromatic carbocycles. The Labute approximate surface area is 154 Å². The Morgan fingerprint density at radius 3 is 2.28 bits per heavy atom. The van der Waals surface area contributed by atoms with Gasteiger partial charge in [-0.15, -0.1) is 10.2 Å². The minimum absolute atomic E-state index is 0.138. The molecule has 7 nitrogen and oxygen atoms in total. The van der Waals surface area contributed by atoms with Crippen LogP contribution in [0.25, 0.3) is 11.5 Å². The first kappa shape index (κ1) is 17.7. The zero-order valence-corrected chi connectivity index (χ0v) is 16.6. The van der Waals surface area contributed by atoms with Crippen LogP contribution in [-0.4, -0.2) is 23.2 Å². The third-order valence-corrected chi connectivity index (χ3v) is 6.10. The molecule has 9 heteroatoms. The third-order valence-electron chi connectivity index (χ3n) is 4.03. The Kier molecular flexibility index (Phi) is 4.46. The first-order valence-corrected chi connectivity index (χ1v) is 9.73. The van der Waals surface area contributed by atoms with Gasteiger partial charge >= 0.3 is 0 Å². The fourth-order valence-corrected chi connectivity index (χ4v) is 4.46. The normalized spacial score (nSPS) is 11.7. The van der Waals surface area contributed by atoms with Crippen molar-refractivity contribution in [2.24, 2.45) is 7.05 Å². The van der Waals surface area contributed by atoms with Crippen LogP contribution in [-0.2, 0) is 17.1 Å². The summed E-state index contributed by atoms with van der Waals surface area (Å²) in [6, 6.07) is 6.90. The van der Waals surface area contributed by atoms with Gasteiger partial charge in [-0.05, 0) is 38.1 Å². The summed E-state index contributed by atoms with van der Waals surface area (Å²) in [6.07, 6.45) is 0. The van der Waals surface area contributed by atoms with Gasteiger partial charge < -0.3 is 8.98 Å². The van der Waals surface area contributed by atoms with E-state index < -0.39 is 10.0 Å². The van der Waals surface area contributed by atoms with Crippen LogP contribution in [0.15, 0.2) is 38.1 Å².